The van der Waals surface area contributed by atoms with Crippen LogP contribution in [0.4, 0.5) is 11.4 Å². The summed E-state index contributed by atoms with van der Waals surface area (Å²) in [6.45, 7) is 4.49. The Bertz CT molecular complexity index is 407. The van der Waals surface area contributed by atoms with E-state index in [4.69, 9.17) is 4.74 Å². The molecule has 0 aliphatic carbocycles. The Kier molecular flexibility index (Phi) is 4.59. The third-order valence-corrected chi connectivity index (χ3v) is 2.94. The van der Waals surface area contributed by atoms with E-state index in [1.807, 2.05) is 36.1 Å². The van der Waals surface area contributed by atoms with Gasteiger partial charge in [-0.1, -0.05) is 19.1 Å². The number of ether oxygens (including phenoxy) is 1. The van der Waals surface area contributed by atoms with Crippen molar-refractivity contribution in [2.45, 2.75) is 19.8 Å². The number of carbonyl (C=O) groups is 1. The highest BCUT2D eigenvalue weighted by Gasteiger charge is 2.20. The minimum atomic E-state index is 0.0413. The van der Waals surface area contributed by atoms with Crippen LogP contribution in [0.2, 0.25) is 0 Å². The molecule has 0 fully saturated rings. The highest BCUT2D eigenvalue weighted by molar-refractivity contribution is 5.97. The van der Waals surface area contributed by atoms with Gasteiger partial charge < -0.3 is 15.0 Å². The second-order valence-electron chi connectivity index (χ2n) is 4.40. The molecular formula is C14H20N2O2. The van der Waals surface area contributed by atoms with Gasteiger partial charge in [0.2, 0.25) is 0 Å². The molecule has 0 bridgehead atoms. The second-order valence-corrected chi connectivity index (χ2v) is 4.40. The van der Waals surface area contributed by atoms with Gasteiger partial charge in [0.05, 0.1) is 11.4 Å². The number of fused-ring (bicyclic) bond motifs is 1. The van der Waals surface area contributed by atoms with Crippen LogP contribution in [-0.2, 0) is 9.53 Å². The minimum absolute atomic E-state index is 0.0413. The van der Waals surface area contributed by atoms with Crippen molar-refractivity contribution >= 4 is 17.3 Å². The van der Waals surface area contributed by atoms with Gasteiger partial charge in [-0.2, -0.15) is 0 Å². The first-order valence-corrected chi connectivity index (χ1v) is 6.54. The van der Waals surface area contributed by atoms with Crippen LogP contribution in [0.25, 0.3) is 0 Å². The topological polar surface area (TPSA) is 41.6 Å². The zero-order chi connectivity index (χ0) is 12.8. The van der Waals surface area contributed by atoms with Gasteiger partial charge in [-0.3, -0.25) is 4.79 Å². The van der Waals surface area contributed by atoms with Crippen LogP contribution in [0.15, 0.2) is 24.3 Å². The summed E-state index contributed by atoms with van der Waals surface area (Å²) in [5.74, 6) is 0.0413. The van der Waals surface area contributed by atoms with Gasteiger partial charge in [0, 0.05) is 19.7 Å². The first-order chi connectivity index (χ1) is 8.83. The van der Waals surface area contributed by atoms with E-state index in [-0.39, 0.29) is 12.5 Å². The predicted octanol–water partition coefficient (Wildman–Crippen LogP) is 2.26. The summed E-state index contributed by atoms with van der Waals surface area (Å²) in [6.07, 6.45) is 1.89. The molecule has 1 aliphatic heterocycles. The van der Waals surface area contributed by atoms with Gasteiger partial charge in [0.1, 0.15) is 6.61 Å². The molecule has 1 heterocycles. The fraction of sp³-hybridized carbons (Fsp3) is 0.500. The van der Waals surface area contributed by atoms with Crippen molar-refractivity contribution in [2.24, 2.45) is 0 Å². The molecule has 1 aromatic carbocycles. The van der Waals surface area contributed by atoms with Crippen molar-refractivity contribution in [3.63, 3.8) is 0 Å². The molecule has 1 aromatic rings. The third-order valence-electron chi connectivity index (χ3n) is 2.94. The molecule has 0 saturated carbocycles. The maximum absolute atomic E-state index is 12.2. The Labute approximate surface area is 108 Å². The standard InChI is InChI=1S/C14H20N2O2/c1-2-10-18-11-14(17)16-9-5-8-15-12-6-3-4-7-13(12)16/h3-4,6-7,15H,2,5,8-11H2,1H3. The van der Waals surface area contributed by atoms with Crippen molar-refractivity contribution in [3.8, 4) is 0 Å². The van der Waals surface area contributed by atoms with Gasteiger partial charge in [0.25, 0.3) is 5.91 Å². The smallest absolute Gasteiger partial charge is 0.253 e. The summed E-state index contributed by atoms with van der Waals surface area (Å²) >= 11 is 0. The van der Waals surface area contributed by atoms with Gasteiger partial charge in [-0.25, -0.2) is 0 Å². The lowest BCUT2D eigenvalue weighted by atomic mass is 10.2. The van der Waals surface area contributed by atoms with Gasteiger partial charge in [0.15, 0.2) is 0 Å². The maximum atomic E-state index is 12.2. The van der Waals surface area contributed by atoms with Crippen LogP contribution in [0, 0.1) is 0 Å². The van der Waals surface area contributed by atoms with E-state index in [9.17, 15) is 4.79 Å². The lowest BCUT2D eigenvalue weighted by Crippen LogP contribution is -2.34. The maximum Gasteiger partial charge on any atom is 0.253 e. The largest absolute Gasteiger partial charge is 0.383 e. The summed E-state index contributed by atoms with van der Waals surface area (Å²) in [6, 6.07) is 7.92. The molecule has 98 valence electrons. The first kappa shape index (κ1) is 12.9. The fourth-order valence-corrected chi connectivity index (χ4v) is 2.08. The number of anilines is 2. The van der Waals surface area contributed by atoms with Crippen molar-refractivity contribution in [1.82, 2.24) is 0 Å². The van der Waals surface area contributed by atoms with Crippen LogP contribution in [0.5, 0.6) is 0 Å². The number of nitrogens with one attached hydrogen (secondary N) is 1. The Hall–Kier alpha value is -1.55. The number of carbonyl (C=O) groups excluding carboxylic acids is 1. The normalized spacial score (nSPS) is 14.6. The number of para-hydroxylation sites is 2. The molecule has 18 heavy (non-hydrogen) atoms. The molecule has 0 unspecified atom stereocenters. The molecule has 4 nitrogen and oxygen atoms in total. The minimum Gasteiger partial charge on any atom is -0.383 e. The molecule has 2 rings (SSSR count). The number of nitrogens with zero attached hydrogens (tertiary/aromatic N) is 1. The summed E-state index contributed by atoms with van der Waals surface area (Å²) in [5.41, 5.74) is 1.99. The van der Waals surface area contributed by atoms with E-state index < -0.39 is 0 Å². The summed E-state index contributed by atoms with van der Waals surface area (Å²) in [5, 5.41) is 3.34. The van der Waals surface area contributed by atoms with Crippen LogP contribution in [-0.4, -0.2) is 32.2 Å². The van der Waals surface area contributed by atoms with Crippen molar-refractivity contribution in [3.05, 3.63) is 24.3 Å². The average molecular weight is 248 g/mol. The summed E-state index contributed by atoms with van der Waals surface area (Å²) < 4.78 is 5.34. The summed E-state index contributed by atoms with van der Waals surface area (Å²) in [7, 11) is 0. The molecular weight excluding hydrogens is 228 g/mol. The lowest BCUT2D eigenvalue weighted by molar-refractivity contribution is -0.123. The second kappa shape index (κ2) is 6.40. The number of rotatable bonds is 4. The van der Waals surface area contributed by atoms with E-state index in [1.165, 1.54) is 0 Å². The number of benzene rings is 1. The van der Waals surface area contributed by atoms with Crippen LogP contribution in [0.3, 0.4) is 0 Å². The molecule has 0 spiro atoms. The average Bonchev–Trinajstić information content (AvgIpc) is 2.61. The molecule has 1 amide bonds. The molecule has 0 atom stereocenters. The van der Waals surface area contributed by atoms with Crippen LogP contribution < -0.4 is 10.2 Å². The van der Waals surface area contributed by atoms with E-state index in [2.05, 4.69) is 5.32 Å². The number of hydrogen-bond acceptors (Lipinski definition) is 3. The zero-order valence-corrected chi connectivity index (χ0v) is 10.8. The molecule has 0 radical (unpaired) electrons. The molecule has 1 aliphatic rings. The Balaban J connectivity index is 2.09. The molecule has 4 heteroatoms. The van der Waals surface area contributed by atoms with E-state index >= 15 is 0 Å². The van der Waals surface area contributed by atoms with Crippen molar-refractivity contribution < 1.29 is 9.53 Å². The Morgan fingerprint density at radius 1 is 1.44 bits per heavy atom. The quantitative estimate of drug-likeness (QED) is 0.831. The van der Waals surface area contributed by atoms with E-state index in [0.29, 0.717) is 6.61 Å². The number of amides is 1. The van der Waals surface area contributed by atoms with Crippen molar-refractivity contribution in [1.29, 1.82) is 0 Å². The van der Waals surface area contributed by atoms with Gasteiger partial charge in [-0.15, -0.1) is 0 Å². The highest BCUT2D eigenvalue weighted by Crippen LogP contribution is 2.27. The predicted molar refractivity (Wildman–Crippen MR) is 73.0 cm³/mol. The first-order valence-electron chi connectivity index (χ1n) is 6.54. The zero-order valence-electron chi connectivity index (χ0n) is 10.8. The summed E-state index contributed by atoms with van der Waals surface area (Å²) in [4.78, 5) is 14.0. The third kappa shape index (κ3) is 3.01. The van der Waals surface area contributed by atoms with Gasteiger partial charge >= 0.3 is 0 Å². The Morgan fingerprint density at radius 2 is 2.28 bits per heavy atom. The number of hydrogen-bond donors (Lipinski definition) is 1. The van der Waals surface area contributed by atoms with E-state index in [1.54, 1.807) is 0 Å². The van der Waals surface area contributed by atoms with Crippen LogP contribution >= 0.6 is 0 Å². The molecule has 0 saturated heterocycles. The fourth-order valence-electron chi connectivity index (χ4n) is 2.08. The monoisotopic (exact) mass is 248 g/mol. The van der Waals surface area contributed by atoms with Crippen LogP contribution in [0.1, 0.15) is 19.8 Å². The lowest BCUT2D eigenvalue weighted by Gasteiger charge is -2.22. The molecule has 0 aromatic heterocycles. The van der Waals surface area contributed by atoms with E-state index in [0.717, 1.165) is 37.3 Å². The SMILES string of the molecule is CCCOCC(=O)N1CCCNc2ccccc21. The Morgan fingerprint density at radius 3 is 3.11 bits per heavy atom. The van der Waals surface area contributed by atoms with Crippen molar-refractivity contribution in [2.75, 3.05) is 36.5 Å². The highest BCUT2D eigenvalue weighted by atomic mass is 16.5. The molecule has 1 N–H and O–H groups in total. The van der Waals surface area contributed by atoms with Gasteiger partial charge in [-0.05, 0) is 25.0 Å².